The number of nitrogens with zero attached hydrogens (tertiary/aromatic N) is 2. The van der Waals surface area contributed by atoms with E-state index in [1.54, 1.807) is 26.1 Å². The Kier molecular flexibility index (Phi) is 1.97. The first-order chi connectivity index (χ1) is 4.70. The van der Waals surface area contributed by atoms with Crippen molar-refractivity contribution in [2.24, 2.45) is 0 Å². The van der Waals surface area contributed by atoms with Crippen LogP contribution in [0.2, 0.25) is 0 Å². The lowest BCUT2D eigenvalue weighted by molar-refractivity contribution is 0.194. The Balaban J connectivity index is 2.96. The summed E-state index contributed by atoms with van der Waals surface area (Å²) >= 11 is 0. The summed E-state index contributed by atoms with van der Waals surface area (Å²) in [5.74, 6) is 0.693. The maximum Gasteiger partial charge on any atom is 0.125 e. The second-order valence-electron chi connectivity index (χ2n) is 2.20. The van der Waals surface area contributed by atoms with Crippen molar-refractivity contribution in [1.29, 1.82) is 0 Å². The molecule has 0 saturated carbocycles. The lowest BCUT2D eigenvalue weighted by Crippen LogP contribution is -1.97. The molecule has 10 heavy (non-hydrogen) atoms. The third-order valence-electron chi connectivity index (χ3n) is 1.23. The van der Waals surface area contributed by atoms with Crippen molar-refractivity contribution >= 4 is 0 Å². The molecule has 1 aromatic rings. The average molecular weight is 138 g/mol. The summed E-state index contributed by atoms with van der Waals surface area (Å²) in [6.45, 7) is 3.48. The normalized spacial score (nSPS) is 13.1. The van der Waals surface area contributed by atoms with E-state index in [2.05, 4.69) is 9.97 Å². The third-order valence-corrected chi connectivity index (χ3v) is 1.23. The molecule has 1 N–H and O–H groups in total. The number of rotatable bonds is 1. The van der Waals surface area contributed by atoms with Gasteiger partial charge in [-0.05, 0) is 19.9 Å². The minimum Gasteiger partial charge on any atom is -0.387 e. The Bertz CT molecular complexity index is 223. The van der Waals surface area contributed by atoms with Gasteiger partial charge in [0.2, 0.25) is 0 Å². The van der Waals surface area contributed by atoms with Gasteiger partial charge in [-0.15, -0.1) is 0 Å². The van der Waals surface area contributed by atoms with Crippen LogP contribution in [0.25, 0.3) is 0 Å². The minimum absolute atomic E-state index is 0.498. The van der Waals surface area contributed by atoms with E-state index in [1.165, 1.54) is 0 Å². The highest BCUT2D eigenvalue weighted by atomic mass is 16.3. The summed E-state index contributed by atoms with van der Waals surface area (Å²) in [7, 11) is 0. The summed E-state index contributed by atoms with van der Waals surface area (Å²) in [5.41, 5.74) is 0.674. The minimum atomic E-state index is -0.498. The van der Waals surface area contributed by atoms with Gasteiger partial charge in [0.05, 0.1) is 11.8 Å². The molecule has 0 amide bonds. The van der Waals surface area contributed by atoms with Crippen LogP contribution in [0.4, 0.5) is 0 Å². The molecular weight excluding hydrogens is 128 g/mol. The summed E-state index contributed by atoms with van der Waals surface area (Å²) in [5, 5.41) is 9.06. The maximum absolute atomic E-state index is 9.06. The van der Waals surface area contributed by atoms with Crippen molar-refractivity contribution in [3.8, 4) is 0 Å². The van der Waals surface area contributed by atoms with Crippen molar-refractivity contribution in [3.05, 3.63) is 23.8 Å². The van der Waals surface area contributed by atoms with Gasteiger partial charge in [0.1, 0.15) is 5.82 Å². The van der Waals surface area contributed by atoms with E-state index in [0.29, 0.717) is 11.5 Å². The van der Waals surface area contributed by atoms with E-state index in [1.807, 2.05) is 0 Å². The molecule has 0 radical (unpaired) electrons. The SMILES string of the molecule is Cc1nccc([C@H](C)O)n1. The van der Waals surface area contributed by atoms with Crippen LogP contribution in [0.5, 0.6) is 0 Å². The first-order valence-electron chi connectivity index (χ1n) is 3.18. The van der Waals surface area contributed by atoms with Gasteiger partial charge in [-0.3, -0.25) is 0 Å². The maximum atomic E-state index is 9.06. The van der Waals surface area contributed by atoms with Crippen molar-refractivity contribution in [3.63, 3.8) is 0 Å². The topological polar surface area (TPSA) is 46.0 Å². The Morgan fingerprint density at radius 1 is 1.60 bits per heavy atom. The van der Waals surface area contributed by atoms with E-state index in [9.17, 15) is 0 Å². The summed E-state index contributed by atoms with van der Waals surface area (Å²) in [6, 6.07) is 1.71. The van der Waals surface area contributed by atoms with Crippen molar-refractivity contribution in [1.82, 2.24) is 9.97 Å². The lowest BCUT2D eigenvalue weighted by Gasteiger charge is -2.01. The van der Waals surface area contributed by atoms with Crippen molar-refractivity contribution in [2.45, 2.75) is 20.0 Å². The molecule has 1 rings (SSSR count). The predicted octanol–water partition coefficient (Wildman–Crippen LogP) is 0.838. The molecule has 0 spiro atoms. The third kappa shape index (κ3) is 1.51. The number of hydrogen-bond acceptors (Lipinski definition) is 3. The first kappa shape index (κ1) is 7.15. The smallest absolute Gasteiger partial charge is 0.125 e. The zero-order valence-corrected chi connectivity index (χ0v) is 6.07. The van der Waals surface area contributed by atoms with Gasteiger partial charge < -0.3 is 5.11 Å². The van der Waals surface area contributed by atoms with E-state index in [0.717, 1.165) is 0 Å². The molecule has 0 aliphatic rings. The quantitative estimate of drug-likeness (QED) is 0.625. The van der Waals surface area contributed by atoms with Gasteiger partial charge in [0.15, 0.2) is 0 Å². The van der Waals surface area contributed by atoms with Gasteiger partial charge in [-0.1, -0.05) is 0 Å². The fraction of sp³-hybridized carbons (Fsp3) is 0.429. The van der Waals surface area contributed by atoms with Gasteiger partial charge in [-0.25, -0.2) is 9.97 Å². The standard InChI is InChI=1S/C7H10N2O/c1-5(10)7-3-4-8-6(2)9-7/h3-5,10H,1-2H3/t5-/m0/s1. The largest absolute Gasteiger partial charge is 0.387 e. The fourth-order valence-corrected chi connectivity index (χ4v) is 0.707. The predicted molar refractivity (Wildman–Crippen MR) is 37.4 cm³/mol. The summed E-state index contributed by atoms with van der Waals surface area (Å²) < 4.78 is 0. The number of aliphatic hydroxyl groups excluding tert-OH is 1. The molecule has 0 fully saturated rings. The van der Waals surface area contributed by atoms with Crippen molar-refractivity contribution < 1.29 is 5.11 Å². The molecule has 1 heterocycles. The van der Waals surface area contributed by atoms with E-state index >= 15 is 0 Å². The zero-order valence-electron chi connectivity index (χ0n) is 6.07. The molecule has 0 aliphatic carbocycles. The number of hydrogen-bond donors (Lipinski definition) is 1. The van der Waals surface area contributed by atoms with Crippen LogP contribution in [-0.4, -0.2) is 15.1 Å². The molecule has 3 nitrogen and oxygen atoms in total. The highest BCUT2D eigenvalue weighted by Crippen LogP contribution is 2.06. The molecule has 0 bridgehead atoms. The van der Waals surface area contributed by atoms with E-state index < -0.39 is 6.10 Å². The summed E-state index contributed by atoms with van der Waals surface area (Å²) in [6.07, 6.45) is 1.14. The zero-order chi connectivity index (χ0) is 7.56. The number of aromatic nitrogens is 2. The molecule has 0 saturated heterocycles. The van der Waals surface area contributed by atoms with Crippen LogP contribution in [0.15, 0.2) is 12.3 Å². The molecule has 54 valence electrons. The van der Waals surface area contributed by atoms with Crippen LogP contribution in [-0.2, 0) is 0 Å². The lowest BCUT2D eigenvalue weighted by atomic mass is 10.3. The molecule has 0 unspecified atom stereocenters. The van der Waals surface area contributed by atoms with E-state index in [-0.39, 0.29) is 0 Å². The van der Waals surface area contributed by atoms with Crippen LogP contribution < -0.4 is 0 Å². The summed E-state index contributed by atoms with van der Waals surface area (Å²) in [4.78, 5) is 7.91. The highest BCUT2D eigenvalue weighted by molar-refractivity contribution is 5.03. The fourth-order valence-electron chi connectivity index (χ4n) is 0.707. The van der Waals surface area contributed by atoms with Gasteiger partial charge >= 0.3 is 0 Å². The Hall–Kier alpha value is -0.960. The number of aliphatic hydroxyl groups is 1. The second-order valence-corrected chi connectivity index (χ2v) is 2.20. The van der Waals surface area contributed by atoms with Crippen LogP contribution in [0, 0.1) is 6.92 Å². The first-order valence-corrected chi connectivity index (χ1v) is 3.18. The van der Waals surface area contributed by atoms with E-state index in [4.69, 9.17) is 5.11 Å². The molecule has 0 aromatic carbocycles. The highest BCUT2D eigenvalue weighted by Gasteiger charge is 2.00. The van der Waals surface area contributed by atoms with Gasteiger partial charge in [0.25, 0.3) is 0 Å². The molecule has 3 heteroatoms. The molecular formula is C7H10N2O. The Morgan fingerprint density at radius 2 is 2.30 bits per heavy atom. The Labute approximate surface area is 59.8 Å². The Morgan fingerprint density at radius 3 is 2.70 bits per heavy atom. The average Bonchev–Trinajstić information content (AvgIpc) is 1.88. The molecule has 1 aromatic heterocycles. The van der Waals surface area contributed by atoms with Crippen LogP contribution in [0.3, 0.4) is 0 Å². The van der Waals surface area contributed by atoms with Gasteiger partial charge in [0, 0.05) is 6.20 Å². The monoisotopic (exact) mass is 138 g/mol. The second kappa shape index (κ2) is 2.75. The van der Waals surface area contributed by atoms with Crippen molar-refractivity contribution in [2.75, 3.05) is 0 Å². The molecule has 0 aliphatic heterocycles. The van der Waals surface area contributed by atoms with Crippen LogP contribution in [0.1, 0.15) is 24.5 Å². The number of aryl methyl sites for hydroxylation is 1. The van der Waals surface area contributed by atoms with Crippen LogP contribution >= 0.6 is 0 Å². The van der Waals surface area contributed by atoms with Gasteiger partial charge in [-0.2, -0.15) is 0 Å². The molecule has 1 atom stereocenters.